The summed E-state index contributed by atoms with van der Waals surface area (Å²) in [7, 11) is -4.67. The molecule has 0 saturated heterocycles. The highest BCUT2D eigenvalue weighted by Crippen LogP contribution is 1.97. The maximum absolute atomic E-state index is 9.60. The largest absolute Gasteiger partial charge is 0.450 e. The SMILES string of the molecule is C=Cc1ccccc1.CCOC(N)=O.O=S(=O)(O)O. The van der Waals surface area contributed by atoms with Crippen LogP contribution >= 0.6 is 0 Å². The Bertz CT molecular complexity index is 449. The van der Waals surface area contributed by atoms with Gasteiger partial charge in [0, 0.05) is 0 Å². The van der Waals surface area contributed by atoms with Crippen molar-refractivity contribution in [3.05, 3.63) is 42.5 Å². The lowest BCUT2D eigenvalue weighted by atomic mass is 10.2. The number of hydrogen-bond donors (Lipinski definition) is 3. The minimum atomic E-state index is -4.67. The molecule has 0 spiro atoms. The summed E-state index contributed by atoms with van der Waals surface area (Å²) < 4.78 is 35.8. The Morgan fingerprint density at radius 2 is 1.79 bits per heavy atom. The van der Waals surface area contributed by atoms with Crippen LogP contribution in [0, 0.1) is 0 Å². The summed E-state index contributed by atoms with van der Waals surface area (Å²) in [6.07, 6.45) is 1.12. The van der Waals surface area contributed by atoms with Gasteiger partial charge in [0.15, 0.2) is 0 Å². The summed E-state index contributed by atoms with van der Waals surface area (Å²) >= 11 is 0. The first kappa shape index (κ1) is 19.4. The number of benzene rings is 1. The second-order valence-corrected chi connectivity index (χ2v) is 3.71. The summed E-state index contributed by atoms with van der Waals surface area (Å²) in [6, 6.07) is 10.0. The molecule has 1 rings (SSSR count). The number of carbonyl (C=O) groups is 1. The third kappa shape index (κ3) is 26.0. The molecule has 0 radical (unpaired) electrons. The van der Waals surface area contributed by atoms with E-state index in [0.29, 0.717) is 6.61 Å². The zero-order chi connectivity index (χ0) is 15.3. The smallest absolute Gasteiger partial charge is 0.404 e. The maximum Gasteiger partial charge on any atom is 0.404 e. The Kier molecular flexibility index (Phi) is 11.5. The van der Waals surface area contributed by atoms with E-state index < -0.39 is 16.5 Å². The lowest BCUT2D eigenvalue weighted by Gasteiger charge is -1.89. The Morgan fingerprint density at radius 3 is 1.95 bits per heavy atom. The molecule has 0 bridgehead atoms. The monoisotopic (exact) mass is 291 g/mol. The van der Waals surface area contributed by atoms with Crippen molar-refractivity contribution in [3.63, 3.8) is 0 Å². The number of primary amides is 1. The molecule has 19 heavy (non-hydrogen) atoms. The van der Waals surface area contributed by atoms with Gasteiger partial charge in [-0.1, -0.05) is 43.0 Å². The number of nitrogens with two attached hydrogens (primary N) is 1. The Labute approximate surface area is 112 Å². The highest BCUT2D eigenvalue weighted by atomic mass is 32.3. The molecule has 0 unspecified atom stereocenters. The highest BCUT2D eigenvalue weighted by Gasteiger charge is 1.84. The van der Waals surface area contributed by atoms with Gasteiger partial charge in [-0.05, 0) is 12.5 Å². The predicted molar refractivity (Wildman–Crippen MR) is 71.9 cm³/mol. The van der Waals surface area contributed by atoms with Gasteiger partial charge in [0.1, 0.15) is 0 Å². The van der Waals surface area contributed by atoms with E-state index in [1.807, 2.05) is 36.4 Å². The quantitative estimate of drug-likeness (QED) is 0.713. The summed E-state index contributed by atoms with van der Waals surface area (Å²) in [4.78, 5) is 9.60. The van der Waals surface area contributed by atoms with Crippen molar-refractivity contribution in [3.8, 4) is 0 Å². The summed E-state index contributed by atoms with van der Waals surface area (Å²) in [5.74, 6) is 0. The second kappa shape index (κ2) is 11.2. The number of rotatable bonds is 2. The molecule has 0 aliphatic carbocycles. The highest BCUT2D eigenvalue weighted by molar-refractivity contribution is 7.79. The molecular weight excluding hydrogens is 274 g/mol. The van der Waals surface area contributed by atoms with E-state index in [0.717, 1.165) is 0 Å². The van der Waals surface area contributed by atoms with Crippen LogP contribution in [0.3, 0.4) is 0 Å². The normalized spacial score (nSPS) is 9.00. The van der Waals surface area contributed by atoms with Crippen LogP contribution in [0.1, 0.15) is 12.5 Å². The minimum absolute atomic E-state index is 0.356. The number of amides is 1. The van der Waals surface area contributed by atoms with E-state index in [-0.39, 0.29) is 0 Å². The molecule has 0 aliphatic heterocycles. The van der Waals surface area contributed by atoms with E-state index >= 15 is 0 Å². The molecule has 0 fully saturated rings. The molecule has 1 aromatic rings. The van der Waals surface area contributed by atoms with Gasteiger partial charge in [0.25, 0.3) is 0 Å². The third-order valence-electron chi connectivity index (χ3n) is 1.32. The van der Waals surface area contributed by atoms with Gasteiger partial charge in [-0.15, -0.1) is 0 Å². The molecule has 108 valence electrons. The number of hydrogen-bond acceptors (Lipinski definition) is 4. The molecular formula is C11H17NO6S. The second-order valence-electron chi connectivity index (χ2n) is 2.81. The first-order chi connectivity index (χ1) is 8.70. The van der Waals surface area contributed by atoms with Crippen LogP contribution in [0.4, 0.5) is 4.79 Å². The van der Waals surface area contributed by atoms with Gasteiger partial charge in [-0.25, -0.2) is 4.79 Å². The van der Waals surface area contributed by atoms with Crippen LogP contribution in [0.25, 0.3) is 6.08 Å². The van der Waals surface area contributed by atoms with E-state index in [1.165, 1.54) is 5.56 Å². The van der Waals surface area contributed by atoms with Crippen molar-refractivity contribution in [1.82, 2.24) is 0 Å². The molecule has 1 aromatic carbocycles. The average Bonchev–Trinajstić information content (AvgIpc) is 2.28. The Morgan fingerprint density at radius 1 is 1.37 bits per heavy atom. The van der Waals surface area contributed by atoms with Crippen LogP contribution in [-0.4, -0.2) is 30.2 Å². The van der Waals surface area contributed by atoms with E-state index in [9.17, 15) is 4.79 Å². The molecule has 1 amide bonds. The number of ether oxygens (including phenoxy) is 1. The van der Waals surface area contributed by atoms with Crippen LogP contribution in [0.5, 0.6) is 0 Å². The maximum atomic E-state index is 9.60. The fourth-order valence-corrected chi connectivity index (χ4v) is 0.731. The topological polar surface area (TPSA) is 127 Å². The average molecular weight is 291 g/mol. The minimum Gasteiger partial charge on any atom is -0.450 e. The van der Waals surface area contributed by atoms with Crippen LogP contribution in [-0.2, 0) is 15.1 Å². The molecule has 0 saturated carbocycles. The first-order valence-corrected chi connectivity index (χ1v) is 6.40. The molecule has 0 heterocycles. The third-order valence-corrected chi connectivity index (χ3v) is 1.32. The molecule has 0 aliphatic rings. The molecule has 0 aromatic heterocycles. The van der Waals surface area contributed by atoms with Crippen molar-refractivity contribution in [2.45, 2.75) is 6.92 Å². The summed E-state index contributed by atoms with van der Waals surface area (Å²) in [5, 5.41) is 0. The summed E-state index contributed by atoms with van der Waals surface area (Å²) in [5.41, 5.74) is 5.72. The number of carbonyl (C=O) groups excluding carboxylic acids is 1. The van der Waals surface area contributed by atoms with E-state index in [2.05, 4.69) is 17.0 Å². The fourth-order valence-electron chi connectivity index (χ4n) is 0.731. The molecule has 7 nitrogen and oxygen atoms in total. The predicted octanol–water partition coefficient (Wildman–Crippen LogP) is 1.78. The molecule has 8 heteroatoms. The van der Waals surface area contributed by atoms with Gasteiger partial charge >= 0.3 is 16.5 Å². The van der Waals surface area contributed by atoms with Crippen molar-refractivity contribution >= 4 is 22.6 Å². The van der Waals surface area contributed by atoms with Crippen molar-refractivity contribution in [2.75, 3.05) is 6.61 Å². The Balaban J connectivity index is 0. The fraction of sp³-hybridized carbons (Fsp3) is 0.182. The van der Waals surface area contributed by atoms with Crippen molar-refractivity contribution in [1.29, 1.82) is 0 Å². The van der Waals surface area contributed by atoms with Gasteiger partial charge < -0.3 is 10.5 Å². The summed E-state index contributed by atoms with van der Waals surface area (Å²) in [6.45, 7) is 5.69. The van der Waals surface area contributed by atoms with Gasteiger partial charge in [0.05, 0.1) is 6.61 Å². The standard InChI is InChI=1S/C8H8.C3H7NO2.H2O4S/c1-2-8-6-4-3-5-7-8;1-2-6-3(4)5;1-5(2,3)4/h2-7H,1H2;2H2,1H3,(H2,4,5);(H2,1,2,3,4). The van der Waals surface area contributed by atoms with Gasteiger partial charge in [-0.2, -0.15) is 8.42 Å². The van der Waals surface area contributed by atoms with E-state index in [4.69, 9.17) is 17.5 Å². The first-order valence-electron chi connectivity index (χ1n) is 5.00. The van der Waals surface area contributed by atoms with Crippen molar-refractivity contribution < 1.29 is 27.1 Å². The lowest BCUT2D eigenvalue weighted by molar-refractivity contribution is 0.163. The Hall–Kier alpha value is -1.90. The van der Waals surface area contributed by atoms with Crippen LogP contribution < -0.4 is 5.73 Å². The van der Waals surface area contributed by atoms with Crippen molar-refractivity contribution in [2.24, 2.45) is 5.73 Å². The van der Waals surface area contributed by atoms with Crippen LogP contribution in [0.15, 0.2) is 36.9 Å². The van der Waals surface area contributed by atoms with Gasteiger partial charge in [0.2, 0.25) is 0 Å². The lowest BCUT2D eigenvalue weighted by Crippen LogP contribution is -2.11. The van der Waals surface area contributed by atoms with E-state index in [1.54, 1.807) is 6.92 Å². The zero-order valence-corrected chi connectivity index (χ0v) is 11.2. The molecule has 0 atom stereocenters. The molecule has 4 N–H and O–H groups in total. The zero-order valence-electron chi connectivity index (χ0n) is 10.4. The van der Waals surface area contributed by atoms with Gasteiger partial charge in [-0.3, -0.25) is 9.11 Å². The van der Waals surface area contributed by atoms with Crippen LogP contribution in [0.2, 0.25) is 0 Å².